The zero-order valence-electron chi connectivity index (χ0n) is 9.05. The van der Waals surface area contributed by atoms with Gasteiger partial charge in [0.25, 0.3) is 0 Å². The van der Waals surface area contributed by atoms with Gasteiger partial charge < -0.3 is 10.2 Å². The quantitative estimate of drug-likeness (QED) is 0.549. The Labute approximate surface area is 90.9 Å². The summed E-state index contributed by atoms with van der Waals surface area (Å²) in [6.07, 6.45) is 3.18. The average molecular weight is 219 g/mol. The molecule has 0 aliphatic carbocycles. The second kappa shape index (κ2) is 5.42. The SMILES string of the molecule is C=C(O)/C(Cl)=C\[C@@](C)(O)C(CC)CC. The molecule has 0 spiro atoms. The van der Waals surface area contributed by atoms with E-state index in [-0.39, 0.29) is 16.7 Å². The van der Waals surface area contributed by atoms with Crippen LogP contribution in [0.2, 0.25) is 0 Å². The fourth-order valence-corrected chi connectivity index (χ4v) is 1.79. The molecule has 0 aromatic carbocycles. The highest BCUT2D eigenvalue weighted by molar-refractivity contribution is 6.31. The second-order valence-electron chi connectivity index (χ2n) is 3.68. The van der Waals surface area contributed by atoms with Gasteiger partial charge in [0.15, 0.2) is 0 Å². The van der Waals surface area contributed by atoms with Gasteiger partial charge >= 0.3 is 0 Å². The lowest BCUT2D eigenvalue weighted by Crippen LogP contribution is -2.31. The zero-order chi connectivity index (χ0) is 11.4. The Bertz CT molecular complexity index is 227. The molecule has 0 aliphatic rings. The number of rotatable bonds is 5. The van der Waals surface area contributed by atoms with Crippen molar-refractivity contribution in [1.29, 1.82) is 0 Å². The fraction of sp³-hybridized carbons (Fsp3) is 0.636. The maximum absolute atomic E-state index is 10.1. The summed E-state index contributed by atoms with van der Waals surface area (Å²) < 4.78 is 0. The molecule has 0 saturated carbocycles. The topological polar surface area (TPSA) is 40.5 Å². The molecule has 0 rings (SSSR count). The Morgan fingerprint density at radius 2 is 1.93 bits per heavy atom. The van der Waals surface area contributed by atoms with Gasteiger partial charge in [-0.25, -0.2) is 0 Å². The first-order valence-electron chi connectivity index (χ1n) is 4.84. The minimum atomic E-state index is -0.994. The molecule has 0 heterocycles. The van der Waals surface area contributed by atoms with E-state index in [0.717, 1.165) is 12.8 Å². The lowest BCUT2D eigenvalue weighted by atomic mass is 9.84. The molecule has 0 aliphatic heterocycles. The molecule has 0 unspecified atom stereocenters. The maximum atomic E-state index is 10.1. The normalized spacial score (nSPS) is 16.9. The highest BCUT2D eigenvalue weighted by atomic mass is 35.5. The van der Waals surface area contributed by atoms with Gasteiger partial charge in [0.05, 0.1) is 10.6 Å². The molecule has 3 heteroatoms. The van der Waals surface area contributed by atoms with E-state index >= 15 is 0 Å². The van der Waals surface area contributed by atoms with Crippen LogP contribution in [0.1, 0.15) is 33.6 Å². The van der Waals surface area contributed by atoms with E-state index in [2.05, 4.69) is 6.58 Å². The monoisotopic (exact) mass is 218 g/mol. The van der Waals surface area contributed by atoms with Crippen LogP contribution in [0.3, 0.4) is 0 Å². The summed E-state index contributed by atoms with van der Waals surface area (Å²) in [6, 6.07) is 0. The molecule has 14 heavy (non-hydrogen) atoms. The molecule has 0 radical (unpaired) electrons. The largest absolute Gasteiger partial charge is 0.507 e. The Morgan fingerprint density at radius 1 is 1.50 bits per heavy atom. The fourth-order valence-electron chi connectivity index (χ4n) is 1.57. The van der Waals surface area contributed by atoms with Crippen molar-refractivity contribution in [2.45, 2.75) is 39.2 Å². The van der Waals surface area contributed by atoms with Crippen LogP contribution < -0.4 is 0 Å². The van der Waals surface area contributed by atoms with Crippen LogP contribution in [-0.2, 0) is 0 Å². The summed E-state index contributed by atoms with van der Waals surface area (Å²) >= 11 is 5.71. The molecule has 0 aromatic rings. The number of allylic oxidation sites excluding steroid dienone is 1. The van der Waals surface area contributed by atoms with Crippen LogP contribution in [0, 0.1) is 5.92 Å². The first-order valence-corrected chi connectivity index (χ1v) is 5.21. The number of hydrogen-bond acceptors (Lipinski definition) is 2. The van der Waals surface area contributed by atoms with Crippen molar-refractivity contribution in [3.63, 3.8) is 0 Å². The summed E-state index contributed by atoms with van der Waals surface area (Å²) in [5.41, 5.74) is -0.994. The Morgan fingerprint density at radius 3 is 2.21 bits per heavy atom. The van der Waals surface area contributed by atoms with Gasteiger partial charge in [-0.15, -0.1) is 0 Å². The van der Waals surface area contributed by atoms with E-state index in [4.69, 9.17) is 16.7 Å². The smallest absolute Gasteiger partial charge is 0.126 e. The summed E-state index contributed by atoms with van der Waals surface area (Å²) in [6.45, 7) is 9.01. The lowest BCUT2D eigenvalue weighted by molar-refractivity contribution is 0.0417. The minimum absolute atomic E-state index is 0.113. The van der Waals surface area contributed by atoms with Crippen molar-refractivity contribution in [2.24, 2.45) is 5.92 Å². The first kappa shape index (κ1) is 13.5. The van der Waals surface area contributed by atoms with Crippen molar-refractivity contribution in [1.82, 2.24) is 0 Å². The summed E-state index contributed by atoms with van der Waals surface area (Å²) in [7, 11) is 0. The summed E-state index contributed by atoms with van der Waals surface area (Å²) in [4.78, 5) is 0. The molecule has 0 fully saturated rings. The predicted octanol–water partition coefficient (Wildman–Crippen LogP) is 3.37. The molecule has 2 N–H and O–H groups in total. The standard InChI is InChI=1S/C11H19ClO2/c1-5-9(6-2)11(4,14)7-10(12)8(3)13/h7,9,13-14H,3,5-6H2,1-2,4H3/b10-7+/t11-/m1/s1. The van der Waals surface area contributed by atoms with Crippen LogP contribution >= 0.6 is 11.6 Å². The number of aliphatic hydroxyl groups excluding tert-OH is 1. The maximum Gasteiger partial charge on any atom is 0.126 e. The third kappa shape index (κ3) is 3.72. The van der Waals surface area contributed by atoms with Crippen LogP contribution in [0.4, 0.5) is 0 Å². The van der Waals surface area contributed by atoms with E-state index in [0.29, 0.717) is 0 Å². The van der Waals surface area contributed by atoms with Gasteiger partial charge in [0, 0.05) is 0 Å². The highest BCUT2D eigenvalue weighted by Gasteiger charge is 2.27. The molecule has 2 nitrogen and oxygen atoms in total. The van der Waals surface area contributed by atoms with Crippen molar-refractivity contribution < 1.29 is 10.2 Å². The summed E-state index contributed by atoms with van der Waals surface area (Å²) in [5, 5.41) is 19.2. The third-order valence-corrected chi connectivity index (χ3v) is 2.83. The van der Waals surface area contributed by atoms with Gasteiger partial charge in [-0.2, -0.15) is 0 Å². The highest BCUT2D eigenvalue weighted by Crippen LogP contribution is 2.28. The average Bonchev–Trinajstić information content (AvgIpc) is 2.04. The number of hydrogen-bond donors (Lipinski definition) is 2. The van der Waals surface area contributed by atoms with Crippen LogP contribution in [0.5, 0.6) is 0 Å². The van der Waals surface area contributed by atoms with Crippen molar-refractivity contribution in [3.05, 3.63) is 23.4 Å². The van der Waals surface area contributed by atoms with Crippen LogP contribution in [0.15, 0.2) is 23.4 Å². The van der Waals surface area contributed by atoms with E-state index in [1.807, 2.05) is 13.8 Å². The van der Waals surface area contributed by atoms with Gasteiger partial charge in [-0.1, -0.05) is 44.9 Å². The van der Waals surface area contributed by atoms with Gasteiger partial charge in [-0.3, -0.25) is 0 Å². The first-order chi connectivity index (χ1) is 6.35. The van der Waals surface area contributed by atoms with Crippen LogP contribution in [-0.4, -0.2) is 15.8 Å². The molecular weight excluding hydrogens is 200 g/mol. The van der Waals surface area contributed by atoms with Crippen molar-refractivity contribution >= 4 is 11.6 Å². The van der Waals surface area contributed by atoms with E-state index in [9.17, 15) is 5.11 Å². The molecule has 0 aromatic heterocycles. The molecule has 0 bridgehead atoms. The molecule has 0 saturated heterocycles. The van der Waals surface area contributed by atoms with Gasteiger partial charge in [0.2, 0.25) is 0 Å². The van der Waals surface area contributed by atoms with Crippen LogP contribution in [0.25, 0.3) is 0 Å². The lowest BCUT2D eigenvalue weighted by Gasteiger charge is -2.28. The van der Waals surface area contributed by atoms with E-state index in [1.165, 1.54) is 6.08 Å². The van der Waals surface area contributed by atoms with E-state index in [1.54, 1.807) is 6.92 Å². The predicted molar refractivity (Wildman–Crippen MR) is 60.4 cm³/mol. The van der Waals surface area contributed by atoms with E-state index < -0.39 is 5.60 Å². The zero-order valence-corrected chi connectivity index (χ0v) is 9.80. The van der Waals surface area contributed by atoms with Crippen molar-refractivity contribution in [2.75, 3.05) is 0 Å². The second-order valence-corrected chi connectivity index (χ2v) is 4.09. The molecular formula is C11H19ClO2. The number of aliphatic hydroxyl groups is 2. The molecule has 82 valence electrons. The Hall–Kier alpha value is -0.470. The van der Waals surface area contributed by atoms with Gasteiger partial charge in [0.1, 0.15) is 5.76 Å². The van der Waals surface area contributed by atoms with Gasteiger partial charge in [-0.05, 0) is 18.9 Å². The third-order valence-electron chi connectivity index (χ3n) is 2.51. The minimum Gasteiger partial charge on any atom is -0.507 e. The molecule has 0 amide bonds. The summed E-state index contributed by atoms with van der Waals surface area (Å²) in [5.74, 6) is -0.0755. The number of halogens is 1. The Balaban J connectivity index is 4.77. The molecule has 1 atom stereocenters. The Kier molecular flexibility index (Phi) is 5.24. The van der Waals surface area contributed by atoms with Crippen molar-refractivity contribution in [3.8, 4) is 0 Å².